The van der Waals surface area contributed by atoms with Gasteiger partial charge in [0.1, 0.15) is 11.6 Å². The molecule has 0 aromatic carbocycles. The fourth-order valence-electron chi connectivity index (χ4n) is 2.88. The minimum absolute atomic E-state index is 0.344. The maximum Gasteiger partial charge on any atom is 0.161 e. The first-order valence-electron chi connectivity index (χ1n) is 6.90. The molecule has 3 rings (SSSR count). The Balaban J connectivity index is 1.95. The van der Waals surface area contributed by atoms with E-state index in [4.69, 9.17) is 10.00 Å². The summed E-state index contributed by atoms with van der Waals surface area (Å²) < 4.78 is 5.41. The Kier molecular flexibility index (Phi) is 3.34. The van der Waals surface area contributed by atoms with Crippen molar-refractivity contribution in [3.63, 3.8) is 0 Å². The van der Waals surface area contributed by atoms with Crippen LogP contribution < -0.4 is 4.90 Å². The van der Waals surface area contributed by atoms with Crippen molar-refractivity contribution in [3.8, 4) is 6.07 Å². The number of hydrogen-bond donors (Lipinski definition) is 0. The number of aromatic nitrogens is 2. The molecule has 5 nitrogen and oxygen atoms in total. The van der Waals surface area contributed by atoms with Crippen LogP contribution in [0.5, 0.6) is 0 Å². The zero-order chi connectivity index (χ0) is 13.2. The molecule has 0 saturated carbocycles. The Morgan fingerprint density at radius 1 is 1.32 bits per heavy atom. The molecule has 5 heteroatoms. The fraction of sp³-hybridized carbons (Fsp3) is 0.643. The van der Waals surface area contributed by atoms with Crippen LogP contribution in [0.25, 0.3) is 0 Å². The molecule has 1 unspecified atom stereocenters. The summed E-state index contributed by atoms with van der Waals surface area (Å²) in [6.45, 7) is 3.96. The molecule has 0 radical (unpaired) electrons. The van der Waals surface area contributed by atoms with E-state index in [0.717, 1.165) is 31.0 Å². The first kappa shape index (κ1) is 12.4. The molecule has 1 aliphatic carbocycles. The van der Waals surface area contributed by atoms with E-state index in [-0.39, 0.29) is 6.10 Å². The molecule has 0 N–H and O–H groups in total. The van der Waals surface area contributed by atoms with Crippen LogP contribution in [0.2, 0.25) is 0 Å². The second kappa shape index (κ2) is 5.14. The summed E-state index contributed by atoms with van der Waals surface area (Å²) in [4.78, 5) is 11.4. The van der Waals surface area contributed by atoms with E-state index in [0.29, 0.717) is 13.2 Å². The van der Waals surface area contributed by atoms with Crippen LogP contribution in [0, 0.1) is 18.3 Å². The third kappa shape index (κ3) is 2.41. The van der Waals surface area contributed by atoms with Gasteiger partial charge in [0.25, 0.3) is 0 Å². The second-order valence-corrected chi connectivity index (χ2v) is 5.16. The lowest BCUT2D eigenvalue weighted by Crippen LogP contribution is -2.43. The van der Waals surface area contributed by atoms with Crippen LogP contribution in [0.15, 0.2) is 0 Å². The number of rotatable bonds is 1. The lowest BCUT2D eigenvalue weighted by Gasteiger charge is -2.33. The summed E-state index contributed by atoms with van der Waals surface area (Å²) in [5.41, 5.74) is 2.49. The third-order valence-electron chi connectivity index (χ3n) is 3.78. The van der Waals surface area contributed by atoms with Gasteiger partial charge in [-0.1, -0.05) is 0 Å². The van der Waals surface area contributed by atoms with Gasteiger partial charge in [-0.05, 0) is 32.6 Å². The van der Waals surface area contributed by atoms with E-state index in [2.05, 4.69) is 20.9 Å². The number of morpholine rings is 1. The molecule has 0 bridgehead atoms. The average Bonchev–Trinajstić information content (AvgIpc) is 2.46. The Hall–Kier alpha value is -1.67. The van der Waals surface area contributed by atoms with Crippen LogP contribution in [-0.2, 0) is 17.6 Å². The maximum absolute atomic E-state index is 9.01. The topological polar surface area (TPSA) is 62.0 Å². The van der Waals surface area contributed by atoms with Crippen LogP contribution in [0.4, 0.5) is 5.82 Å². The molecule has 100 valence electrons. The highest BCUT2D eigenvalue weighted by atomic mass is 16.5. The minimum Gasteiger partial charge on any atom is -0.360 e. The number of nitriles is 1. The summed E-state index contributed by atoms with van der Waals surface area (Å²) in [6.07, 6.45) is 4.19. The van der Waals surface area contributed by atoms with Gasteiger partial charge in [0.2, 0.25) is 0 Å². The number of anilines is 1. The van der Waals surface area contributed by atoms with Crippen molar-refractivity contribution in [1.82, 2.24) is 9.97 Å². The maximum atomic E-state index is 9.01. The molecule has 1 saturated heterocycles. The van der Waals surface area contributed by atoms with Crippen molar-refractivity contribution in [3.05, 3.63) is 17.1 Å². The minimum atomic E-state index is -0.344. The smallest absolute Gasteiger partial charge is 0.161 e. The predicted octanol–water partition coefficient (Wildman–Crippen LogP) is 1.39. The SMILES string of the molecule is Cc1nc2c(c(N3CCOC(C#N)C3)n1)CCCC2. The van der Waals surface area contributed by atoms with Crippen molar-refractivity contribution >= 4 is 5.82 Å². The first-order chi connectivity index (χ1) is 9.28. The van der Waals surface area contributed by atoms with Crippen molar-refractivity contribution in [2.75, 3.05) is 24.6 Å². The van der Waals surface area contributed by atoms with E-state index in [9.17, 15) is 0 Å². The standard InChI is InChI=1S/C14H18N4O/c1-10-16-13-5-3-2-4-12(13)14(17-10)18-6-7-19-11(8-15)9-18/h11H,2-7,9H2,1H3. The van der Waals surface area contributed by atoms with Gasteiger partial charge in [0.15, 0.2) is 6.10 Å². The first-order valence-corrected chi connectivity index (χ1v) is 6.90. The largest absolute Gasteiger partial charge is 0.360 e. The fourth-order valence-corrected chi connectivity index (χ4v) is 2.88. The molecule has 1 aliphatic heterocycles. The Bertz CT molecular complexity index is 523. The van der Waals surface area contributed by atoms with Gasteiger partial charge in [-0.3, -0.25) is 0 Å². The van der Waals surface area contributed by atoms with E-state index < -0.39 is 0 Å². The van der Waals surface area contributed by atoms with E-state index in [1.807, 2.05) is 6.92 Å². The van der Waals surface area contributed by atoms with E-state index >= 15 is 0 Å². The normalized spacial score (nSPS) is 22.7. The Morgan fingerprint density at radius 3 is 3.00 bits per heavy atom. The summed E-state index contributed by atoms with van der Waals surface area (Å²) in [5, 5.41) is 9.01. The summed E-state index contributed by atoms with van der Waals surface area (Å²) in [7, 11) is 0. The highest BCUT2D eigenvalue weighted by molar-refractivity contribution is 5.51. The molecule has 2 heterocycles. The van der Waals surface area contributed by atoms with Crippen LogP contribution >= 0.6 is 0 Å². The van der Waals surface area contributed by atoms with Crippen LogP contribution in [0.1, 0.15) is 29.9 Å². The second-order valence-electron chi connectivity index (χ2n) is 5.16. The van der Waals surface area contributed by atoms with Gasteiger partial charge in [0.05, 0.1) is 19.2 Å². The molecule has 0 amide bonds. The molecule has 2 aliphatic rings. The number of aryl methyl sites for hydroxylation is 2. The zero-order valence-electron chi connectivity index (χ0n) is 11.2. The van der Waals surface area contributed by atoms with Crippen molar-refractivity contribution in [1.29, 1.82) is 5.26 Å². The molecule has 1 aromatic heterocycles. The number of ether oxygens (including phenoxy) is 1. The molecule has 0 spiro atoms. The molecule has 1 atom stereocenters. The van der Waals surface area contributed by atoms with Crippen LogP contribution in [-0.4, -0.2) is 35.8 Å². The highest BCUT2D eigenvalue weighted by Gasteiger charge is 2.26. The Labute approximate surface area is 113 Å². The van der Waals surface area contributed by atoms with Crippen LogP contribution in [0.3, 0.4) is 0 Å². The lowest BCUT2D eigenvalue weighted by atomic mass is 9.96. The lowest BCUT2D eigenvalue weighted by molar-refractivity contribution is 0.0760. The third-order valence-corrected chi connectivity index (χ3v) is 3.78. The number of fused-ring (bicyclic) bond motifs is 1. The van der Waals surface area contributed by atoms with Gasteiger partial charge in [-0.2, -0.15) is 5.26 Å². The molecule has 1 aromatic rings. The van der Waals surface area contributed by atoms with Crippen molar-refractivity contribution < 1.29 is 4.74 Å². The summed E-state index contributed by atoms with van der Waals surface area (Å²) in [5.74, 6) is 1.86. The monoisotopic (exact) mass is 258 g/mol. The van der Waals surface area contributed by atoms with Gasteiger partial charge < -0.3 is 9.64 Å². The molecule has 1 fully saturated rings. The average molecular weight is 258 g/mol. The van der Waals surface area contributed by atoms with Gasteiger partial charge >= 0.3 is 0 Å². The molecular weight excluding hydrogens is 240 g/mol. The highest BCUT2D eigenvalue weighted by Crippen LogP contribution is 2.28. The van der Waals surface area contributed by atoms with Gasteiger partial charge in [-0.25, -0.2) is 9.97 Å². The van der Waals surface area contributed by atoms with E-state index in [1.165, 1.54) is 24.1 Å². The van der Waals surface area contributed by atoms with Gasteiger partial charge in [-0.15, -0.1) is 0 Å². The number of hydrogen-bond acceptors (Lipinski definition) is 5. The van der Waals surface area contributed by atoms with E-state index in [1.54, 1.807) is 0 Å². The Morgan fingerprint density at radius 2 is 2.16 bits per heavy atom. The predicted molar refractivity (Wildman–Crippen MR) is 71.0 cm³/mol. The summed E-state index contributed by atoms with van der Waals surface area (Å²) >= 11 is 0. The van der Waals surface area contributed by atoms with Crippen molar-refractivity contribution in [2.45, 2.75) is 38.7 Å². The summed E-state index contributed by atoms with van der Waals surface area (Å²) in [6, 6.07) is 2.19. The van der Waals surface area contributed by atoms with Gasteiger partial charge in [0, 0.05) is 17.8 Å². The number of nitrogens with zero attached hydrogens (tertiary/aromatic N) is 4. The molecular formula is C14H18N4O. The molecule has 19 heavy (non-hydrogen) atoms. The quantitative estimate of drug-likeness (QED) is 0.761. The van der Waals surface area contributed by atoms with Crippen molar-refractivity contribution in [2.24, 2.45) is 0 Å². The zero-order valence-corrected chi connectivity index (χ0v) is 11.2.